The predicted molar refractivity (Wildman–Crippen MR) is 72.1 cm³/mol. The number of nitrogens with one attached hydrogen (secondary N) is 1. The van der Waals surface area contributed by atoms with E-state index < -0.39 is 11.6 Å². The molecule has 3 rings (SSSR count). The number of aryl methyl sites for hydroxylation is 2. The summed E-state index contributed by atoms with van der Waals surface area (Å²) in [6, 6.07) is 2.54. The minimum Gasteiger partial charge on any atom is -0.361 e. The number of aromatic amines is 1. The molecule has 0 radical (unpaired) electrons. The quantitative estimate of drug-likeness (QED) is 0.734. The zero-order valence-corrected chi connectivity index (χ0v) is 11.6. The molecule has 20 heavy (non-hydrogen) atoms. The predicted octanol–water partition coefficient (Wildman–Crippen LogP) is 3.63. The Morgan fingerprint density at radius 1 is 1.35 bits per heavy atom. The Balaban J connectivity index is 2.24. The van der Waals surface area contributed by atoms with Gasteiger partial charge in [-0.2, -0.15) is 0 Å². The zero-order valence-electron chi connectivity index (χ0n) is 10.8. The molecule has 0 amide bonds. The molecule has 0 bridgehead atoms. The minimum absolute atomic E-state index is 0.120. The van der Waals surface area contributed by atoms with Crippen LogP contribution >= 0.6 is 12.2 Å². The Kier molecular flexibility index (Phi) is 2.93. The van der Waals surface area contributed by atoms with Gasteiger partial charge in [-0.25, -0.2) is 8.78 Å². The van der Waals surface area contributed by atoms with E-state index in [0.717, 1.165) is 11.6 Å². The molecular weight excluding hydrogens is 284 g/mol. The van der Waals surface area contributed by atoms with Crippen LogP contribution in [0.3, 0.4) is 0 Å². The van der Waals surface area contributed by atoms with Crippen molar-refractivity contribution in [3.05, 3.63) is 45.6 Å². The van der Waals surface area contributed by atoms with E-state index >= 15 is 0 Å². The molecule has 0 aliphatic rings. The number of nitrogens with zero attached hydrogens (tertiary/aromatic N) is 2. The van der Waals surface area contributed by atoms with Gasteiger partial charge in [-0.15, -0.1) is 0 Å². The summed E-state index contributed by atoms with van der Waals surface area (Å²) >= 11 is 5.18. The lowest BCUT2D eigenvalue weighted by Crippen LogP contribution is -2.03. The van der Waals surface area contributed by atoms with Crippen molar-refractivity contribution in [1.82, 2.24) is 14.7 Å². The van der Waals surface area contributed by atoms with Gasteiger partial charge in [0.25, 0.3) is 0 Å². The number of imidazole rings is 1. The summed E-state index contributed by atoms with van der Waals surface area (Å²) in [7, 11) is 0. The first-order chi connectivity index (χ1) is 9.49. The standard InChI is InChI=1S/C13H11F2N3OS/c1-6-8(7(2)19-17-6)5-18-12-10(16-13(18)20)4-3-9(14)11(12)15/h3-4H,5H2,1-2H3,(H,16,20). The molecule has 0 fully saturated rings. The van der Waals surface area contributed by atoms with Crippen LogP contribution in [0.25, 0.3) is 11.0 Å². The molecule has 104 valence electrons. The van der Waals surface area contributed by atoms with Gasteiger partial charge in [0.05, 0.1) is 17.8 Å². The minimum atomic E-state index is -0.915. The molecule has 0 spiro atoms. The molecule has 0 aliphatic carbocycles. The van der Waals surface area contributed by atoms with E-state index in [4.69, 9.17) is 16.7 Å². The van der Waals surface area contributed by atoms with E-state index in [9.17, 15) is 8.78 Å². The number of benzene rings is 1. The van der Waals surface area contributed by atoms with Crippen LogP contribution in [0.15, 0.2) is 16.7 Å². The van der Waals surface area contributed by atoms with Crippen molar-refractivity contribution in [1.29, 1.82) is 0 Å². The molecule has 4 nitrogen and oxygen atoms in total. The van der Waals surface area contributed by atoms with Crippen molar-refractivity contribution in [2.24, 2.45) is 0 Å². The maximum absolute atomic E-state index is 14.0. The SMILES string of the molecule is Cc1noc(C)c1Cn1c(=S)[nH]c2ccc(F)c(F)c21. The molecule has 0 aliphatic heterocycles. The van der Waals surface area contributed by atoms with Gasteiger partial charge in [0.1, 0.15) is 11.3 Å². The van der Waals surface area contributed by atoms with Gasteiger partial charge in [-0.3, -0.25) is 0 Å². The number of aromatic nitrogens is 3. The summed E-state index contributed by atoms with van der Waals surface area (Å²) in [5.41, 5.74) is 2.09. The molecule has 0 saturated carbocycles. The Labute approximate surface area is 118 Å². The maximum Gasteiger partial charge on any atom is 0.184 e. The highest BCUT2D eigenvalue weighted by molar-refractivity contribution is 7.71. The van der Waals surface area contributed by atoms with Crippen molar-refractivity contribution in [3.63, 3.8) is 0 Å². The molecule has 0 saturated heterocycles. The van der Waals surface area contributed by atoms with Crippen molar-refractivity contribution >= 4 is 23.3 Å². The summed E-state index contributed by atoms with van der Waals surface area (Å²) in [6.07, 6.45) is 0. The van der Waals surface area contributed by atoms with E-state index in [0.29, 0.717) is 21.7 Å². The third-order valence-corrected chi connectivity index (χ3v) is 3.65. The first-order valence-corrected chi connectivity index (χ1v) is 6.38. The smallest absolute Gasteiger partial charge is 0.184 e. The van der Waals surface area contributed by atoms with E-state index in [1.54, 1.807) is 13.8 Å². The van der Waals surface area contributed by atoms with Gasteiger partial charge in [0.2, 0.25) is 0 Å². The molecule has 2 heterocycles. The number of fused-ring (bicyclic) bond motifs is 1. The third-order valence-electron chi connectivity index (χ3n) is 3.32. The van der Waals surface area contributed by atoms with Crippen LogP contribution in [-0.4, -0.2) is 14.7 Å². The summed E-state index contributed by atoms with van der Waals surface area (Å²) in [4.78, 5) is 2.87. The highest BCUT2D eigenvalue weighted by Crippen LogP contribution is 2.23. The van der Waals surface area contributed by atoms with Crippen LogP contribution in [0.4, 0.5) is 8.78 Å². The highest BCUT2D eigenvalue weighted by atomic mass is 32.1. The summed E-state index contributed by atoms with van der Waals surface area (Å²) in [6.45, 7) is 3.84. The van der Waals surface area contributed by atoms with Crippen molar-refractivity contribution in [2.75, 3.05) is 0 Å². The van der Waals surface area contributed by atoms with E-state index in [1.165, 1.54) is 10.6 Å². The average Bonchev–Trinajstić information content (AvgIpc) is 2.89. The summed E-state index contributed by atoms with van der Waals surface area (Å²) in [5, 5.41) is 3.85. The van der Waals surface area contributed by atoms with Gasteiger partial charge in [-0.05, 0) is 38.2 Å². The number of halogens is 2. The zero-order chi connectivity index (χ0) is 14.4. The number of H-pyrrole nitrogens is 1. The monoisotopic (exact) mass is 295 g/mol. The van der Waals surface area contributed by atoms with E-state index in [2.05, 4.69) is 10.1 Å². The van der Waals surface area contributed by atoms with Gasteiger partial charge in [-0.1, -0.05) is 5.16 Å². The number of rotatable bonds is 2. The van der Waals surface area contributed by atoms with E-state index in [-0.39, 0.29) is 12.1 Å². The maximum atomic E-state index is 14.0. The molecule has 3 aromatic rings. The second-order valence-electron chi connectivity index (χ2n) is 4.58. The van der Waals surface area contributed by atoms with E-state index in [1.807, 2.05) is 0 Å². The van der Waals surface area contributed by atoms with Crippen molar-refractivity contribution in [2.45, 2.75) is 20.4 Å². The normalized spacial score (nSPS) is 11.4. The van der Waals surface area contributed by atoms with Crippen LogP contribution in [0.1, 0.15) is 17.0 Å². The largest absolute Gasteiger partial charge is 0.361 e. The van der Waals surface area contributed by atoms with Gasteiger partial charge >= 0.3 is 0 Å². The fourth-order valence-electron chi connectivity index (χ4n) is 2.23. The second-order valence-corrected chi connectivity index (χ2v) is 4.96. The van der Waals surface area contributed by atoms with Crippen molar-refractivity contribution < 1.29 is 13.3 Å². The second kappa shape index (κ2) is 4.52. The molecule has 1 aromatic carbocycles. The third kappa shape index (κ3) is 1.85. The lowest BCUT2D eigenvalue weighted by molar-refractivity contribution is 0.392. The Hall–Kier alpha value is -2.02. The van der Waals surface area contributed by atoms with Crippen LogP contribution in [0.2, 0.25) is 0 Å². The van der Waals surface area contributed by atoms with Crippen LogP contribution < -0.4 is 0 Å². The van der Waals surface area contributed by atoms with Gasteiger partial charge in [0.15, 0.2) is 16.4 Å². The molecule has 1 N–H and O–H groups in total. The fraction of sp³-hybridized carbons (Fsp3) is 0.231. The van der Waals surface area contributed by atoms with Crippen LogP contribution in [0.5, 0.6) is 0 Å². The van der Waals surface area contributed by atoms with Crippen LogP contribution in [-0.2, 0) is 6.54 Å². The fourth-order valence-corrected chi connectivity index (χ4v) is 2.49. The van der Waals surface area contributed by atoms with Crippen molar-refractivity contribution in [3.8, 4) is 0 Å². The molecule has 2 aromatic heterocycles. The first-order valence-electron chi connectivity index (χ1n) is 5.97. The number of hydrogen-bond acceptors (Lipinski definition) is 3. The lowest BCUT2D eigenvalue weighted by Gasteiger charge is -2.05. The summed E-state index contributed by atoms with van der Waals surface area (Å²) < 4.78 is 34.3. The first kappa shape index (κ1) is 13.0. The molecule has 0 atom stereocenters. The van der Waals surface area contributed by atoms with Gasteiger partial charge < -0.3 is 14.1 Å². The Morgan fingerprint density at radius 3 is 2.75 bits per heavy atom. The van der Waals surface area contributed by atoms with Crippen LogP contribution in [0, 0.1) is 30.3 Å². The molecule has 7 heteroatoms. The average molecular weight is 295 g/mol. The van der Waals surface area contributed by atoms with Gasteiger partial charge in [0, 0.05) is 5.56 Å². The highest BCUT2D eigenvalue weighted by Gasteiger charge is 2.16. The lowest BCUT2D eigenvalue weighted by atomic mass is 10.2. The Bertz CT molecular complexity index is 843. The Morgan fingerprint density at radius 2 is 2.10 bits per heavy atom. The topological polar surface area (TPSA) is 46.8 Å². The molecule has 0 unspecified atom stereocenters. The summed E-state index contributed by atoms with van der Waals surface area (Å²) in [5.74, 6) is -1.18. The molecular formula is C13H11F2N3OS. The number of hydrogen-bond donors (Lipinski definition) is 1.